The SMILES string of the molecule is CCCCCCCCCCCOC(=O)CCCCCN(CCCCCCCC(=O)OC(CCCCCCCC)CCCCCCCC)CC(O)CCCCNC(=O)c1[nH]ccc1O. The van der Waals surface area contributed by atoms with Crippen LogP contribution in [0.2, 0.25) is 0 Å². The first-order chi connectivity index (χ1) is 30.8. The van der Waals surface area contributed by atoms with Crippen LogP contribution in [0.3, 0.4) is 0 Å². The molecule has 0 fully saturated rings. The monoisotopic (exact) mass is 890 g/mol. The van der Waals surface area contributed by atoms with E-state index in [0.29, 0.717) is 39.0 Å². The molecule has 0 aliphatic rings. The van der Waals surface area contributed by atoms with Crippen molar-refractivity contribution in [3.63, 3.8) is 0 Å². The third-order valence-electron chi connectivity index (χ3n) is 12.4. The lowest BCUT2D eigenvalue weighted by molar-refractivity contribution is -0.150. The summed E-state index contributed by atoms with van der Waals surface area (Å²) in [6, 6.07) is 1.45. The highest BCUT2D eigenvalue weighted by atomic mass is 16.5. The number of amides is 1. The van der Waals surface area contributed by atoms with Crippen molar-refractivity contribution in [1.82, 2.24) is 15.2 Å². The molecule has 1 rings (SSSR count). The number of nitrogens with one attached hydrogen (secondary N) is 2. The minimum atomic E-state index is -0.457. The number of nitrogens with zero attached hydrogens (tertiary/aromatic N) is 1. The van der Waals surface area contributed by atoms with Crippen LogP contribution in [0, 0.1) is 0 Å². The molecule has 1 aromatic heterocycles. The maximum absolute atomic E-state index is 12.9. The summed E-state index contributed by atoms with van der Waals surface area (Å²) >= 11 is 0. The Morgan fingerprint density at radius 3 is 1.59 bits per heavy atom. The van der Waals surface area contributed by atoms with E-state index in [4.69, 9.17) is 9.47 Å². The Hall–Kier alpha value is -2.59. The first kappa shape index (κ1) is 58.4. The standard InChI is InChI=1S/C53H99N3O7/c1-4-7-10-13-16-17-18-24-34-45-62-50(59)38-29-25-33-44-56(46-47(57)35-30-31-41-55-53(61)52-49(58)40-42-54-52)43-32-23-19-22-28-39-51(60)63-48(36-26-20-14-11-8-5-2)37-27-21-15-12-9-6-3/h40,42,47-48,54,57-58H,4-39,41,43-46H2,1-3H3,(H,55,61). The van der Waals surface area contributed by atoms with Gasteiger partial charge in [0.25, 0.3) is 5.91 Å². The average molecular weight is 890 g/mol. The van der Waals surface area contributed by atoms with Gasteiger partial charge < -0.3 is 34.9 Å². The molecule has 1 amide bonds. The first-order valence-corrected chi connectivity index (χ1v) is 26.7. The molecule has 0 bridgehead atoms. The highest BCUT2D eigenvalue weighted by molar-refractivity contribution is 5.94. The summed E-state index contributed by atoms with van der Waals surface area (Å²) in [7, 11) is 0. The Kier molecular flexibility index (Phi) is 40.2. The maximum atomic E-state index is 12.9. The summed E-state index contributed by atoms with van der Waals surface area (Å²) in [4.78, 5) is 42.6. The number of hydrogen-bond acceptors (Lipinski definition) is 8. The van der Waals surface area contributed by atoms with Crippen LogP contribution in [0.5, 0.6) is 5.75 Å². The number of H-pyrrole nitrogens is 1. The molecule has 368 valence electrons. The number of hydrogen-bond donors (Lipinski definition) is 4. The predicted octanol–water partition coefficient (Wildman–Crippen LogP) is 13.7. The fraction of sp³-hybridized carbons (Fsp3) is 0.868. The zero-order valence-electron chi connectivity index (χ0n) is 41.2. The molecule has 0 aliphatic carbocycles. The number of rotatable bonds is 47. The molecular weight excluding hydrogens is 791 g/mol. The lowest BCUT2D eigenvalue weighted by Crippen LogP contribution is -2.34. The number of aromatic nitrogens is 1. The number of aliphatic hydroxyl groups is 1. The van der Waals surface area contributed by atoms with E-state index < -0.39 is 6.10 Å². The molecule has 1 atom stereocenters. The Morgan fingerprint density at radius 1 is 0.587 bits per heavy atom. The molecule has 0 aliphatic heterocycles. The van der Waals surface area contributed by atoms with Crippen LogP contribution >= 0.6 is 0 Å². The Morgan fingerprint density at radius 2 is 1.05 bits per heavy atom. The number of aliphatic hydroxyl groups excluding tert-OH is 1. The first-order valence-electron chi connectivity index (χ1n) is 26.7. The third-order valence-corrected chi connectivity index (χ3v) is 12.4. The molecule has 0 saturated carbocycles. The molecule has 0 spiro atoms. The number of aromatic amines is 1. The van der Waals surface area contributed by atoms with Gasteiger partial charge in [-0.15, -0.1) is 0 Å². The number of carbonyl (C=O) groups is 3. The largest absolute Gasteiger partial charge is 0.505 e. The van der Waals surface area contributed by atoms with Gasteiger partial charge in [-0.3, -0.25) is 14.4 Å². The Balaban J connectivity index is 2.42. The topological polar surface area (TPSA) is 141 Å². The highest BCUT2D eigenvalue weighted by Gasteiger charge is 2.16. The summed E-state index contributed by atoms with van der Waals surface area (Å²) in [5.74, 6) is -0.501. The van der Waals surface area contributed by atoms with Gasteiger partial charge in [0.1, 0.15) is 17.5 Å². The van der Waals surface area contributed by atoms with Gasteiger partial charge in [-0.05, 0) is 96.2 Å². The number of esters is 2. The van der Waals surface area contributed by atoms with Gasteiger partial charge in [0.05, 0.1) is 12.7 Å². The van der Waals surface area contributed by atoms with Crippen molar-refractivity contribution in [2.24, 2.45) is 0 Å². The average Bonchev–Trinajstić information content (AvgIpc) is 3.71. The molecule has 63 heavy (non-hydrogen) atoms. The van der Waals surface area contributed by atoms with Crippen LogP contribution in [-0.4, -0.2) is 82.9 Å². The summed E-state index contributed by atoms with van der Waals surface area (Å²) < 4.78 is 11.6. The summed E-state index contributed by atoms with van der Waals surface area (Å²) in [6.07, 6.45) is 40.5. The van der Waals surface area contributed by atoms with Crippen molar-refractivity contribution in [3.8, 4) is 5.75 Å². The van der Waals surface area contributed by atoms with Gasteiger partial charge in [0, 0.05) is 32.1 Å². The van der Waals surface area contributed by atoms with E-state index in [1.54, 1.807) is 0 Å². The van der Waals surface area contributed by atoms with Crippen LogP contribution in [0.1, 0.15) is 262 Å². The number of aromatic hydroxyl groups is 1. The van der Waals surface area contributed by atoms with Crippen molar-refractivity contribution in [2.75, 3.05) is 32.8 Å². The van der Waals surface area contributed by atoms with Gasteiger partial charge in [0.15, 0.2) is 0 Å². The predicted molar refractivity (Wildman–Crippen MR) is 261 cm³/mol. The van der Waals surface area contributed by atoms with Gasteiger partial charge in [-0.25, -0.2) is 0 Å². The zero-order chi connectivity index (χ0) is 45.9. The van der Waals surface area contributed by atoms with Crippen LogP contribution < -0.4 is 5.32 Å². The number of unbranched alkanes of at least 4 members (excludes halogenated alkanes) is 25. The van der Waals surface area contributed by atoms with Crippen LogP contribution in [0.15, 0.2) is 12.3 Å². The third kappa shape index (κ3) is 36.3. The van der Waals surface area contributed by atoms with Crippen molar-refractivity contribution in [1.29, 1.82) is 0 Å². The minimum absolute atomic E-state index is 0.0219. The zero-order valence-corrected chi connectivity index (χ0v) is 41.2. The molecule has 1 aromatic rings. The molecule has 1 heterocycles. The van der Waals surface area contributed by atoms with Crippen molar-refractivity contribution in [3.05, 3.63) is 18.0 Å². The highest BCUT2D eigenvalue weighted by Crippen LogP contribution is 2.19. The molecular formula is C53H99N3O7. The van der Waals surface area contributed by atoms with Gasteiger partial charge in [-0.2, -0.15) is 0 Å². The Labute approximate surface area is 386 Å². The van der Waals surface area contributed by atoms with E-state index >= 15 is 0 Å². The van der Waals surface area contributed by atoms with Gasteiger partial charge in [0.2, 0.25) is 0 Å². The van der Waals surface area contributed by atoms with E-state index in [1.165, 1.54) is 121 Å². The van der Waals surface area contributed by atoms with Crippen LogP contribution in [-0.2, 0) is 19.1 Å². The minimum Gasteiger partial charge on any atom is -0.505 e. The van der Waals surface area contributed by atoms with E-state index in [-0.39, 0.29) is 35.4 Å². The molecule has 0 saturated heterocycles. The normalized spacial score (nSPS) is 12.0. The smallest absolute Gasteiger partial charge is 0.306 e. The second-order valence-corrected chi connectivity index (χ2v) is 18.5. The molecule has 4 N–H and O–H groups in total. The quantitative estimate of drug-likeness (QED) is 0.0374. The Bertz CT molecular complexity index is 1180. The lowest BCUT2D eigenvalue weighted by atomic mass is 10.0. The van der Waals surface area contributed by atoms with E-state index in [1.807, 2.05) is 0 Å². The molecule has 10 heteroatoms. The van der Waals surface area contributed by atoms with Gasteiger partial charge in [-0.1, -0.05) is 162 Å². The van der Waals surface area contributed by atoms with E-state index in [9.17, 15) is 24.6 Å². The fourth-order valence-corrected chi connectivity index (χ4v) is 8.42. The van der Waals surface area contributed by atoms with E-state index in [2.05, 4.69) is 36.0 Å². The van der Waals surface area contributed by atoms with Gasteiger partial charge >= 0.3 is 11.9 Å². The summed E-state index contributed by atoms with van der Waals surface area (Å²) in [6.45, 7) is 10.2. The molecule has 0 radical (unpaired) electrons. The molecule has 1 unspecified atom stereocenters. The van der Waals surface area contributed by atoms with Crippen LogP contribution in [0.4, 0.5) is 0 Å². The van der Waals surface area contributed by atoms with Crippen molar-refractivity contribution >= 4 is 17.8 Å². The second kappa shape index (κ2) is 43.3. The van der Waals surface area contributed by atoms with Crippen molar-refractivity contribution in [2.45, 2.75) is 264 Å². The maximum Gasteiger partial charge on any atom is 0.306 e. The summed E-state index contributed by atoms with van der Waals surface area (Å²) in [5, 5.41) is 23.6. The second-order valence-electron chi connectivity index (χ2n) is 18.5. The number of carbonyl (C=O) groups excluding carboxylic acids is 3. The molecule has 0 aromatic carbocycles. The number of ether oxygens (including phenoxy) is 2. The summed E-state index contributed by atoms with van der Waals surface area (Å²) in [5.41, 5.74) is 0.167. The van der Waals surface area contributed by atoms with Crippen LogP contribution in [0.25, 0.3) is 0 Å². The van der Waals surface area contributed by atoms with E-state index in [0.717, 1.165) is 116 Å². The molecule has 10 nitrogen and oxygen atoms in total. The lowest BCUT2D eigenvalue weighted by Gasteiger charge is -2.25. The van der Waals surface area contributed by atoms with Crippen molar-refractivity contribution < 1.29 is 34.1 Å². The fourth-order valence-electron chi connectivity index (χ4n) is 8.42.